The highest BCUT2D eigenvalue weighted by Crippen LogP contribution is 2.33. The molecule has 0 saturated heterocycles. The van der Waals surface area contributed by atoms with E-state index in [0.29, 0.717) is 6.04 Å². The number of hydrogen-bond acceptors (Lipinski definition) is 3. The van der Waals surface area contributed by atoms with E-state index in [4.69, 9.17) is 4.74 Å². The minimum Gasteiger partial charge on any atom is -0.497 e. The molecule has 0 aliphatic heterocycles. The third kappa shape index (κ3) is 3.47. The topological polar surface area (TPSA) is 34.1 Å². The molecule has 1 saturated carbocycles. The Morgan fingerprint density at radius 1 is 1.37 bits per heavy atom. The van der Waals surface area contributed by atoms with E-state index in [2.05, 4.69) is 24.1 Å². The van der Waals surface area contributed by atoms with Gasteiger partial charge in [0.1, 0.15) is 5.75 Å². The number of nitrogens with one attached hydrogen (secondary N) is 1. The van der Waals surface area contributed by atoms with Crippen LogP contribution in [0.2, 0.25) is 0 Å². The molecule has 0 bridgehead atoms. The third-order valence-corrected chi connectivity index (χ3v) is 4.51. The summed E-state index contributed by atoms with van der Waals surface area (Å²) in [6.07, 6.45) is 3.96. The van der Waals surface area contributed by atoms with Crippen molar-refractivity contribution in [2.45, 2.75) is 52.6 Å². The van der Waals surface area contributed by atoms with Crippen molar-refractivity contribution in [2.75, 3.05) is 7.11 Å². The Balaban J connectivity index is 1.94. The molecule has 3 atom stereocenters. The molecule has 1 aromatic heterocycles. The Bertz CT molecular complexity index is 419. The number of pyridine rings is 1. The molecule has 0 spiro atoms. The number of aryl methyl sites for hydroxylation is 1. The molecule has 1 fully saturated rings. The van der Waals surface area contributed by atoms with Gasteiger partial charge in [-0.1, -0.05) is 20.3 Å². The second-order valence-electron chi connectivity index (χ2n) is 5.73. The lowest BCUT2D eigenvalue weighted by Gasteiger charge is -2.21. The van der Waals surface area contributed by atoms with Crippen molar-refractivity contribution in [3.8, 4) is 5.75 Å². The fourth-order valence-corrected chi connectivity index (χ4v) is 3.26. The average molecular weight is 262 g/mol. The Hall–Kier alpha value is -1.09. The van der Waals surface area contributed by atoms with E-state index < -0.39 is 0 Å². The van der Waals surface area contributed by atoms with Crippen LogP contribution in [0, 0.1) is 18.8 Å². The van der Waals surface area contributed by atoms with Gasteiger partial charge in [-0.15, -0.1) is 0 Å². The van der Waals surface area contributed by atoms with E-state index in [-0.39, 0.29) is 0 Å². The lowest BCUT2D eigenvalue weighted by molar-refractivity contribution is 0.343. The van der Waals surface area contributed by atoms with Crippen LogP contribution < -0.4 is 10.1 Å². The SMILES string of the molecule is CCC1CCC(NCc2cc(OC)cc(C)n2)C1C. The van der Waals surface area contributed by atoms with Crippen molar-refractivity contribution in [3.63, 3.8) is 0 Å². The Labute approximate surface area is 116 Å². The molecule has 0 aromatic carbocycles. The van der Waals surface area contributed by atoms with Gasteiger partial charge in [-0.05, 0) is 31.6 Å². The molecular weight excluding hydrogens is 236 g/mol. The van der Waals surface area contributed by atoms with Crippen molar-refractivity contribution < 1.29 is 4.74 Å². The van der Waals surface area contributed by atoms with Crippen molar-refractivity contribution >= 4 is 0 Å². The maximum absolute atomic E-state index is 5.30. The normalized spacial score (nSPS) is 26.6. The Morgan fingerprint density at radius 3 is 2.79 bits per heavy atom. The quantitative estimate of drug-likeness (QED) is 0.884. The minimum atomic E-state index is 0.637. The molecule has 3 nitrogen and oxygen atoms in total. The first-order chi connectivity index (χ1) is 9.13. The molecule has 1 aliphatic rings. The monoisotopic (exact) mass is 262 g/mol. The summed E-state index contributed by atoms with van der Waals surface area (Å²) in [7, 11) is 1.71. The van der Waals surface area contributed by atoms with Crippen molar-refractivity contribution in [1.82, 2.24) is 10.3 Å². The molecule has 3 heteroatoms. The van der Waals surface area contributed by atoms with Gasteiger partial charge in [0, 0.05) is 30.4 Å². The maximum Gasteiger partial charge on any atom is 0.122 e. The fraction of sp³-hybridized carbons (Fsp3) is 0.688. The third-order valence-electron chi connectivity index (χ3n) is 4.51. The summed E-state index contributed by atoms with van der Waals surface area (Å²) in [5.41, 5.74) is 2.09. The highest BCUT2D eigenvalue weighted by Gasteiger charge is 2.30. The van der Waals surface area contributed by atoms with E-state index in [1.807, 2.05) is 19.1 Å². The van der Waals surface area contributed by atoms with Crippen LogP contribution in [0.25, 0.3) is 0 Å². The Kier molecular flexibility index (Phi) is 4.81. The zero-order valence-corrected chi connectivity index (χ0v) is 12.6. The first-order valence-electron chi connectivity index (χ1n) is 7.39. The van der Waals surface area contributed by atoms with E-state index in [0.717, 1.165) is 35.5 Å². The Morgan fingerprint density at radius 2 is 2.16 bits per heavy atom. The number of ether oxygens (including phenoxy) is 1. The van der Waals surface area contributed by atoms with Gasteiger partial charge >= 0.3 is 0 Å². The van der Waals surface area contributed by atoms with E-state index in [9.17, 15) is 0 Å². The highest BCUT2D eigenvalue weighted by atomic mass is 16.5. The molecule has 1 aliphatic carbocycles. The number of rotatable bonds is 5. The standard InChI is InChI=1S/C16H26N2O/c1-5-13-6-7-16(12(13)3)17-10-14-9-15(19-4)8-11(2)18-14/h8-9,12-13,16-17H,5-7,10H2,1-4H3. The number of nitrogens with zero attached hydrogens (tertiary/aromatic N) is 1. The molecule has 1 N–H and O–H groups in total. The van der Waals surface area contributed by atoms with Gasteiger partial charge in [0.05, 0.1) is 12.8 Å². The van der Waals surface area contributed by atoms with Crippen LogP contribution in [-0.4, -0.2) is 18.1 Å². The molecule has 2 rings (SSSR count). The van der Waals surface area contributed by atoms with Crippen LogP contribution in [0.5, 0.6) is 5.75 Å². The van der Waals surface area contributed by atoms with Gasteiger partial charge in [-0.2, -0.15) is 0 Å². The van der Waals surface area contributed by atoms with Crippen molar-refractivity contribution in [3.05, 3.63) is 23.5 Å². The summed E-state index contributed by atoms with van der Waals surface area (Å²) in [6, 6.07) is 4.63. The van der Waals surface area contributed by atoms with Crippen LogP contribution in [0.4, 0.5) is 0 Å². The van der Waals surface area contributed by atoms with Crippen molar-refractivity contribution in [1.29, 1.82) is 0 Å². The highest BCUT2D eigenvalue weighted by molar-refractivity contribution is 5.26. The van der Waals surface area contributed by atoms with E-state index >= 15 is 0 Å². The average Bonchev–Trinajstić information content (AvgIpc) is 2.76. The van der Waals surface area contributed by atoms with Crippen LogP contribution >= 0.6 is 0 Å². The second-order valence-corrected chi connectivity index (χ2v) is 5.73. The van der Waals surface area contributed by atoms with E-state index in [1.54, 1.807) is 7.11 Å². The second kappa shape index (κ2) is 6.38. The van der Waals surface area contributed by atoms with Gasteiger partial charge in [-0.25, -0.2) is 0 Å². The van der Waals surface area contributed by atoms with Crippen LogP contribution in [0.3, 0.4) is 0 Å². The summed E-state index contributed by atoms with van der Waals surface area (Å²) in [6.45, 7) is 7.53. The summed E-state index contributed by atoms with van der Waals surface area (Å²) >= 11 is 0. The molecular formula is C16H26N2O. The smallest absolute Gasteiger partial charge is 0.122 e. The summed E-state index contributed by atoms with van der Waals surface area (Å²) in [5, 5.41) is 3.67. The number of methoxy groups -OCH3 is 1. The lowest BCUT2D eigenvalue weighted by Crippen LogP contribution is -2.32. The first kappa shape index (κ1) is 14.3. The van der Waals surface area contributed by atoms with Gasteiger partial charge in [0.15, 0.2) is 0 Å². The first-order valence-corrected chi connectivity index (χ1v) is 7.39. The maximum atomic E-state index is 5.30. The van der Waals surface area contributed by atoms with Crippen LogP contribution in [0.15, 0.2) is 12.1 Å². The molecule has 3 unspecified atom stereocenters. The van der Waals surface area contributed by atoms with Gasteiger partial charge in [0.25, 0.3) is 0 Å². The molecule has 0 radical (unpaired) electrons. The molecule has 0 amide bonds. The van der Waals surface area contributed by atoms with Gasteiger partial charge in [-0.3, -0.25) is 4.98 Å². The number of aromatic nitrogens is 1. The predicted molar refractivity (Wildman–Crippen MR) is 78.3 cm³/mol. The van der Waals surface area contributed by atoms with Crippen molar-refractivity contribution in [2.24, 2.45) is 11.8 Å². The van der Waals surface area contributed by atoms with Gasteiger partial charge < -0.3 is 10.1 Å². The summed E-state index contributed by atoms with van der Waals surface area (Å²) < 4.78 is 5.30. The minimum absolute atomic E-state index is 0.637. The summed E-state index contributed by atoms with van der Waals surface area (Å²) in [5.74, 6) is 2.56. The summed E-state index contributed by atoms with van der Waals surface area (Å²) in [4.78, 5) is 4.56. The molecule has 1 aromatic rings. The molecule has 19 heavy (non-hydrogen) atoms. The zero-order valence-electron chi connectivity index (χ0n) is 12.6. The fourth-order valence-electron chi connectivity index (χ4n) is 3.26. The van der Waals surface area contributed by atoms with Gasteiger partial charge in [0.2, 0.25) is 0 Å². The molecule has 106 valence electrons. The van der Waals surface area contributed by atoms with Crippen LogP contribution in [-0.2, 0) is 6.54 Å². The lowest BCUT2D eigenvalue weighted by atomic mass is 9.93. The number of hydrogen-bond donors (Lipinski definition) is 1. The van der Waals surface area contributed by atoms with E-state index in [1.165, 1.54) is 19.3 Å². The zero-order chi connectivity index (χ0) is 13.8. The van der Waals surface area contributed by atoms with Crippen LogP contribution in [0.1, 0.15) is 44.5 Å². The largest absolute Gasteiger partial charge is 0.497 e. The molecule has 1 heterocycles. The predicted octanol–water partition coefficient (Wildman–Crippen LogP) is 3.31.